The van der Waals surface area contributed by atoms with Gasteiger partial charge in [0.25, 0.3) is 0 Å². The van der Waals surface area contributed by atoms with Crippen molar-refractivity contribution in [3.05, 3.63) is 59.7 Å². The number of carbonyl (C=O) groups excluding carboxylic acids is 1. The van der Waals surface area contributed by atoms with Crippen LogP contribution < -0.4 is 16.8 Å². The smallest absolute Gasteiger partial charge is 0.241 e. The van der Waals surface area contributed by atoms with Crippen molar-refractivity contribution in [1.82, 2.24) is 15.1 Å². The van der Waals surface area contributed by atoms with Gasteiger partial charge in [-0.05, 0) is 55.0 Å². The Morgan fingerprint density at radius 3 is 2.26 bits per heavy atom. The highest BCUT2D eigenvalue weighted by Gasteiger charge is 2.39. The Morgan fingerprint density at radius 1 is 1.09 bits per heavy atom. The predicted octanol–water partition coefficient (Wildman–Crippen LogP) is 2.25. The summed E-state index contributed by atoms with van der Waals surface area (Å²) in [6.07, 6.45) is 3.22. The molecule has 1 aliphatic heterocycles. The molecule has 1 heterocycles. The van der Waals surface area contributed by atoms with Gasteiger partial charge >= 0.3 is 0 Å². The molecule has 35 heavy (non-hydrogen) atoms. The summed E-state index contributed by atoms with van der Waals surface area (Å²) < 4.78 is 0. The van der Waals surface area contributed by atoms with Crippen LogP contribution in [-0.4, -0.2) is 66.6 Å². The fourth-order valence-corrected chi connectivity index (χ4v) is 5.12. The maximum atomic E-state index is 12.8. The fraction of sp³-hybridized carbons (Fsp3) is 0.500. The summed E-state index contributed by atoms with van der Waals surface area (Å²) in [4.78, 5) is 17.7. The minimum atomic E-state index is -0.979. The zero-order valence-corrected chi connectivity index (χ0v) is 20.7. The molecule has 186 valence electrons. The average Bonchev–Trinajstić information content (AvgIpc) is 2.86. The number of nitrogens with zero attached hydrogens (tertiary/aromatic N) is 3. The highest BCUT2D eigenvalue weighted by Crippen LogP contribution is 2.26. The van der Waals surface area contributed by atoms with Gasteiger partial charge in [0.15, 0.2) is 0 Å². The van der Waals surface area contributed by atoms with E-state index in [0.717, 1.165) is 56.7 Å². The van der Waals surface area contributed by atoms with E-state index in [9.17, 15) is 10.1 Å². The second kappa shape index (κ2) is 11.3. The largest absolute Gasteiger partial charge is 0.338 e. The topological polar surface area (TPSA) is 111 Å². The van der Waals surface area contributed by atoms with Gasteiger partial charge in [0.05, 0.1) is 11.6 Å². The van der Waals surface area contributed by atoms with E-state index in [4.69, 9.17) is 11.5 Å². The quantitative estimate of drug-likeness (QED) is 0.568. The number of benzene rings is 2. The standard InChI is InChI=1S/C28H38N6O/c1-33-13-15-34(16-14-33)20-22-6-10-24(11-7-22)23-8-4-21(5-9-23)17-26(19-29)32-27(35)28(31)12-2-3-25(30)18-28/h4-11,25-26H,2-3,12-18,20,30-31H2,1H3,(H,32,35)/t25?,26-,28?/m0/s1. The van der Waals surface area contributed by atoms with Crippen LogP contribution in [0.1, 0.15) is 36.8 Å². The second-order valence-corrected chi connectivity index (χ2v) is 10.3. The predicted molar refractivity (Wildman–Crippen MR) is 139 cm³/mol. The van der Waals surface area contributed by atoms with Crippen LogP contribution >= 0.6 is 0 Å². The monoisotopic (exact) mass is 474 g/mol. The number of piperazine rings is 1. The Hall–Kier alpha value is -2.76. The number of amides is 1. The first kappa shape index (κ1) is 25.3. The first-order valence-electron chi connectivity index (χ1n) is 12.7. The van der Waals surface area contributed by atoms with E-state index in [-0.39, 0.29) is 11.9 Å². The van der Waals surface area contributed by atoms with Crippen LogP contribution in [0.25, 0.3) is 11.1 Å². The summed E-state index contributed by atoms with van der Waals surface area (Å²) in [5, 5.41) is 12.5. The van der Waals surface area contributed by atoms with E-state index < -0.39 is 11.6 Å². The van der Waals surface area contributed by atoms with Gasteiger partial charge in [-0.3, -0.25) is 9.69 Å². The normalized spacial score (nSPS) is 24.5. The zero-order valence-electron chi connectivity index (χ0n) is 20.7. The van der Waals surface area contributed by atoms with Crippen molar-refractivity contribution < 1.29 is 4.79 Å². The van der Waals surface area contributed by atoms with Crippen molar-refractivity contribution in [3.63, 3.8) is 0 Å². The number of rotatable bonds is 7. The minimum Gasteiger partial charge on any atom is -0.338 e. The van der Waals surface area contributed by atoms with Crippen LogP contribution in [0, 0.1) is 11.3 Å². The van der Waals surface area contributed by atoms with Crippen molar-refractivity contribution in [3.8, 4) is 17.2 Å². The lowest BCUT2D eigenvalue weighted by molar-refractivity contribution is -0.128. The van der Waals surface area contributed by atoms with E-state index in [1.54, 1.807) is 0 Å². The molecule has 3 atom stereocenters. The maximum Gasteiger partial charge on any atom is 0.241 e. The summed E-state index contributed by atoms with van der Waals surface area (Å²) in [7, 11) is 2.18. The Balaban J connectivity index is 1.32. The summed E-state index contributed by atoms with van der Waals surface area (Å²) in [5.74, 6) is -0.271. The molecule has 0 aromatic heterocycles. The minimum absolute atomic E-state index is 0.0616. The summed E-state index contributed by atoms with van der Waals surface area (Å²) in [5.41, 5.74) is 16.0. The molecule has 0 spiro atoms. The third kappa shape index (κ3) is 6.68. The number of hydrogen-bond donors (Lipinski definition) is 3. The molecule has 2 unspecified atom stereocenters. The van der Waals surface area contributed by atoms with E-state index in [1.807, 2.05) is 12.1 Å². The van der Waals surface area contributed by atoms with Gasteiger partial charge in [0.1, 0.15) is 6.04 Å². The van der Waals surface area contributed by atoms with Gasteiger partial charge in [-0.2, -0.15) is 5.26 Å². The maximum absolute atomic E-state index is 12.8. The highest BCUT2D eigenvalue weighted by molar-refractivity contribution is 5.86. The Labute approximate surface area is 209 Å². The molecule has 0 radical (unpaired) electrons. The summed E-state index contributed by atoms with van der Waals surface area (Å²) >= 11 is 0. The molecule has 1 saturated carbocycles. The van der Waals surface area contributed by atoms with Gasteiger partial charge in [-0.15, -0.1) is 0 Å². The first-order chi connectivity index (χ1) is 16.8. The van der Waals surface area contributed by atoms with Crippen molar-refractivity contribution in [2.45, 2.75) is 56.3 Å². The van der Waals surface area contributed by atoms with Crippen LogP contribution in [0.5, 0.6) is 0 Å². The molecule has 5 N–H and O–H groups in total. The van der Waals surface area contributed by atoms with Crippen LogP contribution in [0.2, 0.25) is 0 Å². The van der Waals surface area contributed by atoms with Crippen molar-refractivity contribution >= 4 is 5.91 Å². The van der Waals surface area contributed by atoms with E-state index in [1.165, 1.54) is 11.1 Å². The molecule has 1 amide bonds. The number of nitriles is 1. The van der Waals surface area contributed by atoms with Crippen molar-refractivity contribution in [1.29, 1.82) is 5.26 Å². The van der Waals surface area contributed by atoms with Crippen LogP contribution in [0.4, 0.5) is 0 Å². The SMILES string of the molecule is CN1CCN(Cc2ccc(-c3ccc(C[C@@H](C#N)NC(=O)C4(N)CCCC(N)C4)cc3)cc2)CC1. The lowest BCUT2D eigenvalue weighted by atomic mass is 9.79. The van der Waals surface area contributed by atoms with Crippen LogP contribution in [-0.2, 0) is 17.8 Å². The lowest BCUT2D eigenvalue weighted by Gasteiger charge is -2.35. The van der Waals surface area contributed by atoms with Crippen LogP contribution in [0.3, 0.4) is 0 Å². The van der Waals surface area contributed by atoms with Crippen LogP contribution in [0.15, 0.2) is 48.5 Å². The number of carbonyl (C=O) groups is 1. The van der Waals surface area contributed by atoms with Gasteiger partial charge in [-0.1, -0.05) is 48.5 Å². The third-order valence-corrected chi connectivity index (χ3v) is 7.42. The molecule has 0 bridgehead atoms. The van der Waals surface area contributed by atoms with Gasteiger partial charge < -0.3 is 21.7 Å². The number of nitrogens with two attached hydrogens (primary N) is 2. The molecule has 2 aromatic carbocycles. The molecule has 7 heteroatoms. The molecular formula is C28H38N6O. The second-order valence-electron chi connectivity index (χ2n) is 10.3. The molecule has 4 rings (SSSR count). The molecule has 2 aromatic rings. The number of likely N-dealkylation sites (N-methyl/N-ethyl adjacent to an activating group) is 1. The van der Waals surface area contributed by atoms with Gasteiger partial charge in [0.2, 0.25) is 5.91 Å². The fourth-order valence-electron chi connectivity index (χ4n) is 5.12. The van der Waals surface area contributed by atoms with Gasteiger partial charge in [0, 0.05) is 45.2 Å². The summed E-state index contributed by atoms with van der Waals surface area (Å²) in [6.45, 7) is 5.47. The van der Waals surface area contributed by atoms with Crippen molar-refractivity contribution in [2.75, 3.05) is 33.2 Å². The molecule has 7 nitrogen and oxygen atoms in total. The summed E-state index contributed by atoms with van der Waals surface area (Å²) in [6, 6.07) is 18.5. The third-order valence-electron chi connectivity index (χ3n) is 7.42. The Bertz CT molecular complexity index is 1020. The highest BCUT2D eigenvalue weighted by atomic mass is 16.2. The van der Waals surface area contributed by atoms with E-state index in [0.29, 0.717) is 19.3 Å². The molecule has 1 aliphatic carbocycles. The Morgan fingerprint density at radius 2 is 1.69 bits per heavy atom. The first-order valence-corrected chi connectivity index (χ1v) is 12.7. The molecular weight excluding hydrogens is 436 g/mol. The number of hydrogen-bond acceptors (Lipinski definition) is 6. The van der Waals surface area contributed by atoms with Crippen molar-refractivity contribution in [2.24, 2.45) is 11.5 Å². The average molecular weight is 475 g/mol. The molecule has 2 fully saturated rings. The lowest BCUT2D eigenvalue weighted by Crippen LogP contribution is -2.60. The zero-order chi connectivity index (χ0) is 24.8. The van der Waals surface area contributed by atoms with E-state index in [2.05, 4.69) is 64.6 Å². The number of nitrogens with one attached hydrogen (secondary N) is 1. The van der Waals surface area contributed by atoms with Gasteiger partial charge in [-0.25, -0.2) is 0 Å². The Kier molecular flexibility index (Phi) is 8.19. The van der Waals surface area contributed by atoms with E-state index >= 15 is 0 Å². The molecule has 1 saturated heterocycles. The molecule has 2 aliphatic rings.